The molecular weight excluding hydrogens is 316 g/mol. The summed E-state index contributed by atoms with van der Waals surface area (Å²) < 4.78 is 2.89. The van der Waals surface area contributed by atoms with E-state index in [1.54, 1.807) is 0 Å². The summed E-state index contributed by atoms with van der Waals surface area (Å²) in [5.41, 5.74) is 2.17. The van der Waals surface area contributed by atoms with Gasteiger partial charge >= 0.3 is 0 Å². The SMILES string of the molecule is CCc1nn(C)c(CC(O)(CC)c2ccccc2)c1Br. The Balaban J connectivity index is 2.38. The van der Waals surface area contributed by atoms with E-state index in [-0.39, 0.29) is 0 Å². The quantitative estimate of drug-likeness (QED) is 0.906. The van der Waals surface area contributed by atoms with E-state index < -0.39 is 5.60 Å². The lowest BCUT2D eigenvalue weighted by Gasteiger charge is -2.27. The highest BCUT2D eigenvalue weighted by Crippen LogP contribution is 2.32. The Labute approximate surface area is 128 Å². The molecule has 1 unspecified atom stereocenters. The van der Waals surface area contributed by atoms with Crippen LogP contribution < -0.4 is 0 Å². The van der Waals surface area contributed by atoms with Gasteiger partial charge in [0, 0.05) is 13.5 Å². The second-order valence-corrected chi connectivity index (χ2v) is 5.91. The van der Waals surface area contributed by atoms with Crippen LogP contribution in [0.5, 0.6) is 0 Å². The summed E-state index contributed by atoms with van der Waals surface area (Å²) in [5, 5.41) is 15.5. The Morgan fingerprint density at radius 3 is 2.40 bits per heavy atom. The molecule has 3 nitrogen and oxygen atoms in total. The number of aliphatic hydroxyl groups is 1. The van der Waals surface area contributed by atoms with E-state index in [9.17, 15) is 5.11 Å². The molecule has 0 aliphatic rings. The first-order valence-corrected chi connectivity index (χ1v) is 7.79. The standard InChI is InChI=1S/C16H21BrN2O/c1-4-13-15(17)14(19(3)18-13)11-16(20,5-2)12-9-7-6-8-10-12/h6-10,20H,4-5,11H2,1-3H3. The third-order valence-corrected chi connectivity index (χ3v) is 4.77. The van der Waals surface area contributed by atoms with Crippen LogP contribution in [0.25, 0.3) is 0 Å². The Morgan fingerprint density at radius 2 is 1.90 bits per heavy atom. The average Bonchev–Trinajstić information content (AvgIpc) is 2.75. The highest BCUT2D eigenvalue weighted by molar-refractivity contribution is 9.10. The molecular formula is C16H21BrN2O. The van der Waals surface area contributed by atoms with E-state index in [2.05, 4.69) is 28.0 Å². The lowest BCUT2D eigenvalue weighted by molar-refractivity contribution is 0.0307. The highest BCUT2D eigenvalue weighted by atomic mass is 79.9. The second kappa shape index (κ2) is 6.10. The van der Waals surface area contributed by atoms with Gasteiger partial charge in [0.25, 0.3) is 0 Å². The number of aromatic nitrogens is 2. The van der Waals surface area contributed by atoms with Crippen molar-refractivity contribution < 1.29 is 5.11 Å². The van der Waals surface area contributed by atoms with Gasteiger partial charge in [-0.05, 0) is 34.3 Å². The van der Waals surface area contributed by atoms with Gasteiger partial charge in [0.1, 0.15) is 0 Å². The minimum atomic E-state index is -0.859. The summed E-state index contributed by atoms with van der Waals surface area (Å²) in [7, 11) is 1.93. The molecule has 0 amide bonds. The molecule has 2 aromatic rings. The average molecular weight is 337 g/mol. The Morgan fingerprint density at radius 1 is 1.25 bits per heavy atom. The molecule has 1 aromatic heterocycles. The molecule has 1 N–H and O–H groups in total. The van der Waals surface area contributed by atoms with Crippen LogP contribution in [0.15, 0.2) is 34.8 Å². The van der Waals surface area contributed by atoms with Gasteiger partial charge in [-0.3, -0.25) is 4.68 Å². The maximum Gasteiger partial charge on any atom is 0.0949 e. The van der Waals surface area contributed by atoms with Crippen molar-refractivity contribution in [2.24, 2.45) is 7.05 Å². The zero-order valence-corrected chi connectivity index (χ0v) is 13.8. The van der Waals surface area contributed by atoms with Gasteiger partial charge in [0.15, 0.2) is 0 Å². The van der Waals surface area contributed by atoms with E-state index in [4.69, 9.17) is 0 Å². The summed E-state index contributed by atoms with van der Waals surface area (Å²) in [6, 6.07) is 9.86. The van der Waals surface area contributed by atoms with Crippen molar-refractivity contribution in [1.29, 1.82) is 0 Å². The highest BCUT2D eigenvalue weighted by Gasteiger charge is 2.30. The van der Waals surface area contributed by atoms with Gasteiger partial charge in [-0.1, -0.05) is 44.2 Å². The maximum atomic E-state index is 11.0. The Kier molecular flexibility index (Phi) is 4.66. The van der Waals surface area contributed by atoms with Crippen LogP contribution in [0.3, 0.4) is 0 Å². The third kappa shape index (κ3) is 2.81. The smallest absolute Gasteiger partial charge is 0.0949 e. The Bertz CT molecular complexity index is 580. The minimum Gasteiger partial charge on any atom is -0.385 e. The largest absolute Gasteiger partial charge is 0.385 e. The summed E-state index contributed by atoms with van der Waals surface area (Å²) in [4.78, 5) is 0. The molecule has 108 valence electrons. The number of rotatable bonds is 5. The number of halogens is 1. The molecule has 1 atom stereocenters. The molecule has 1 aromatic carbocycles. The first kappa shape index (κ1) is 15.3. The van der Waals surface area contributed by atoms with Crippen LogP contribution in [0.1, 0.15) is 37.2 Å². The zero-order chi connectivity index (χ0) is 14.8. The summed E-state index contributed by atoms with van der Waals surface area (Å²) >= 11 is 3.62. The molecule has 0 fully saturated rings. The molecule has 0 saturated carbocycles. The normalized spacial score (nSPS) is 14.2. The van der Waals surface area contributed by atoms with Crippen LogP contribution in [-0.4, -0.2) is 14.9 Å². The predicted octanol–water partition coefficient (Wildman–Crippen LogP) is 3.59. The van der Waals surface area contributed by atoms with Gasteiger partial charge < -0.3 is 5.11 Å². The fraction of sp³-hybridized carbons (Fsp3) is 0.438. The van der Waals surface area contributed by atoms with Crippen LogP contribution in [-0.2, 0) is 25.5 Å². The number of benzene rings is 1. The summed E-state index contributed by atoms with van der Waals surface area (Å²) in [6.07, 6.45) is 2.10. The summed E-state index contributed by atoms with van der Waals surface area (Å²) in [6.45, 7) is 4.10. The second-order valence-electron chi connectivity index (χ2n) is 5.11. The lowest BCUT2D eigenvalue weighted by Crippen LogP contribution is -2.28. The predicted molar refractivity (Wildman–Crippen MR) is 84.6 cm³/mol. The zero-order valence-electron chi connectivity index (χ0n) is 12.2. The fourth-order valence-corrected chi connectivity index (χ4v) is 3.22. The Hall–Kier alpha value is -1.13. The van der Waals surface area contributed by atoms with Crippen molar-refractivity contribution in [2.45, 2.75) is 38.7 Å². The fourth-order valence-electron chi connectivity index (χ4n) is 2.47. The van der Waals surface area contributed by atoms with E-state index in [1.165, 1.54) is 0 Å². The molecule has 0 saturated heterocycles. The van der Waals surface area contributed by atoms with Crippen molar-refractivity contribution in [2.75, 3.05) is 0 Å². The lowest BCUT2D eigenvalue weighted by atomic mass is 9.86. The molecule has 0 radical (unpaired) electrons. The molecule has 4 heteroatoms. The van der Waals surface area contributed by atoms with Crippen molar-refractivity contribution in [3.63, 3.8) is 0 Å². The van der Waals surface area contributed by atoms with Crippen molar-refractivity contribution in [3.8, 4) is 0 Å². The molecule has 0 aliphatic heterocycles. The molecule has 1 heterocycles. The van der Waals surface area contributed by atoms with E-state index in [0.717, 1.165) is 27.8 Å². The number of aryl methyl sites for hydroxylation is 2. The minimum absolute atomic E-state index is 0.553. The van der Waals surface area contributed by atoms with Gasteiger partial charge in [0.2, 0.25) is 0 Å². The first-order chi connectivity index (χ1) is 9.51. The number of hydrogen-bond acceptors (Lipinski definition) is 2. The monoisotopic (exact) mass is 336 g/mol. The number of nitrogens with zero attached hydrogens (tertiary/aromatic N) is 2. The van der Waals surface area contributed by atoms with Crippen LogP contribution in [0.2, 0.25) is 0 Å². The molecule has 0 bridgehead atoms. The molecule has 0 aliphatic carbocycles. The van der Waals surface area contributed by atoms with Crippen molar-refractivity contribution in [1.82, 2.24) is 9.78 Å². The van der Waals surface area contributed by atoms with E-state index in [0.29, 0.717) is 12.8 Å². The van der Waals surface area contributed by atoms with Gasteiger partial charge in [0.05, 0.1) is 21.5 Å². The third-order valence-electron chi connectivity index (χ3n) is 3.86. The van der Waals surface area contributed by atoms with Gasteiger partial charge in [-0.15, -0.1) is 0 Å². The summed E-state index contributed by atoms with van der Waals surface area (Å²) in [5.74, 6) is 0. The van der Waals surface area contributed by atoms with Gasteiger partial charge in [-0.2, -0.15) is 5.10 Å². The van der Waals surface area contributed by atoms with Crippen LogP contribution in [0.4, 0.5) is 0 Å². The van der Waals surface area contributed by atoms with E-state index >= 15 is 0 Å². The first-order valence-electron chi connectivity index (χ1n) is 7.00. The van der Waals surface area contributed by atoms with Crippen LogP contribution in [0, 0.1) is 0 Å². The van der Waals surface area contributed by atoms with Gasteiger partial charge in [-0.25, -0.2) is 0 Å². The van der Waals surface area contributed by atoms with Crippen molar-refractivity contribution in [3.05, 3.63) is 51.8 Å². The molecule has 0 spiro atoms. The van der Waals surface area contributed by atoms with Crippen LogP contribution >= 0.6 is 15.9 Å². The van der Waals surface area contributed by atoms with Crippen molar-refractivity contribution >= 4 is 15.9 Å². The molecule has 20 heavy (non-hydrogen) atoms. The maximum absolute atomic E-state index is 11.0. The molecule has 2 rings (SSSR count). The number of hydrogen-bond donors (Lipinski definition) is 1. The van der Waals surface area contributed by atoms with E-state index in [1.807, 2.05) is 49.0 Å². The topological polar surface area (TPSA) is 38.0 Å².